The van der Waals surface area contributed by atoms with Crippen LogP contribution in [-0.4, -0.2) is 18.7 Å². The van der Waals surface area contributed by atoms with E-state index in [0.717, 1.165) is 12.8 Å². The standard InChI is InChI=1S/C16H32O3S/c1-2-3-4-5-6-7-8-9-10-11-12-13-14-15-16-20(17,18)19/h12-13H,2-11,14-16H2,1H3,(H,17,18,19)/b13-12+. The molecule has 0 rings (SSSR count). The molecule has 0 saturated carbocycles. The fraction of sp³-hybridized carbons (Fsp3) is 0.875. The lowest BCUT2D eigenvalue weighted by atomic mass is 10.1. The zero-order valence-electron chi connectivity index (χ0n) is 13.0. The van der Waals surface area contributed by atoms with Gasteiger partial charge in [0.15, 0.2) is 0 Å². The Labute approximate surface area is 125 Å². The highest BCUT2D eigenvalue weighted by Crippen LogP contribution is 2.10. The molecule has 0 aliphatic rings. The molecule has 0 bridgehead atoms. The van der Waals surface area contributed by atoms with E-state index in [0.29, 0.717) is 6.42 Å². The first-order chi connectivity index (χ1) is 9.56. The molecular formula is C16H32O3S. The van der Waals surface area contributed by atoms with Crippen LogP contribution in [0.4, 0.5) is 0 Å². The van der Waals surface area contributed by atoms with Gasteiger partial charge < -0.3 is 0 Å². The lowest BCUT2D eigenvalue weighted by Gasteiger charge is -2.00. The van der Waals surface area contributed by atoms with Crippen molar-refractivity contribution < 1.29 is 13.0 Å². The third-order valence-corrected chi connectivity index (χ3v) is 4.22. The minimum Gasteiger partial charge on any atom is -0.286 e. The summed E-state index contributed by atoms with van der Waals surface area (Å²) in [5.41, 5.74) is 0. The molecule has 120 valence electrons. The van der Waals surface area contributed by atoms with Crippen LogP contribution in [0.15, 0.2) is 12.2 Å². The Morgan fingerprint density at radius 2 is 1.20 bits per heavy atom. The van der Waals surface area contributed by atoms with E-state index >= 15 is 0 Å². The summed E-state index contributed by atoms with van der Waals surface area (Å²) in [7, 11) is -3.77. The number of unbranched alkanes of at least 4 members (excludes halogenated alkanes) is 10. The van der Waals surface area contributed by atoms with E-state index in [-0.39, 0.29) is 5.75 Å². The Balaban J connectivity index is 3.16. The summed E-state index contributed by atoms with van der Waals surface area (Å²) in [4.78, 5) is 0. The Morgan fingerprint density at radius 1 is 0.750 bits per heavy atom. The van der Waals surface area contributed by atoms with Crippen molar-refractivity contribution >= 4 is 10.1 Å². The topological polar surface area (TPSA) is 54.4 Å². The first-order valence-corrected chi connectivity index (χ1v) is 9.77. The van der Waals surface area contributed by atoms with Gasteiger partial charge in [-0.1, -0.05) is 70.4 Å². The Morgan fingerprint density at radius 3 is 1.70 bits per heavy atom. The minimum atomic E-state index is -3.77. The fourth-order valence-electron chi connectivity index (χ4n) is 2.19. The van der Waals surface area contributed by atoms with E-state index in [9.17, 15) is 8.42 Å². The summed E-state index contributed by atoms with van der Waals surface area (Å²) in [6, 6.07) is 0. The summed E-state index contributed by atoms with van der Waals surface area (Å²) in [6.45, 7) is 2.25. The Hall–Kier alpha value is -0.350. The SMILES string of the molecule is CCCCCCCCCCC/C=C/CCCS(=O)(=O)O. The fourth-order valence-corrected chi connectivity index (χ4v) is 2.72. The molecule has 0 atom stereocenters. The molecule has 0 amide bonds. The average molecular weight is 304 g/mol. The van der Waals surface area contributed by atoms with Gasteiger partial charge >= 0.3 is 0 Å². The van der Waals surface area contributed by atoms with E-state index in [1.165, 1.54) is 57.8 Å². The maximum Gasteiger partial charge on any atom is 0.264 e. The van der Waals surface area contributed by atoms with E-state index in [1.807, 2.05) is 6.08 Å². The van der Waals surface area contributed by atoms with Crippen LogP contribution in [0.25, 0.3) is 0 Å². The zero-order valence-corrected chi connectivity index (χ0v) is 13.8. The molecule has 0 fully saturated rings. The van der Waals surface area contributed by atoms with Gasteiger partial charge in [0.05, 0.1) is 5.75 Å². The quantitative estimate of drug-likeness (QED) is 0.275. The first-order valence-electron chi connectivity index (χ1n) is 8.16. The van der Waals surface area contributed by atoms with Crippen molar-refractivity contribution in [3.63, 3.8) is 0 Å². The second kappa shape index (κ2) is 13.6. The van der Waals surface area contributed by atoms with E-state index < -0.39 is 10.1 Å². The number of hydrogen-bond acceptors (Lipinski definition) is 2. The van der Waals surface area contributed by atoms with Crippen molar-refractivity contribution in [2.24, 2.45) is 0 Å². The summed E-state index contributed by atoms with van der Waals surface area (Å²) < 4.78 is 29.5. The summed E-state index contributed by atoms with van der Waals surface area (Å²) >= 11 is 0. The molecule has 0 heterocycles. The van der Waals surface area contributed by atoms with Gasteiger partial charge in [0, 0.05) is 0 Å². The lowest BCUT2D eigenvalue weighted by Crippen LogP contribution is -2.02. The minimum absolute atomic E-state index is 0.130. The van der Waals surface area contributed by atoms with Crippen LogP contribution in [0.3, 0.4) is 0 Å². The van der Waals surface area contributed by atoms with Crippen molar-refractivity contribution in [3.05, 3.63) is 12.2 Å². The summed E-state index contributed by atoms with van der Waals surface area (Å²) in [6.07, 6.45) is 18.6. The normalized spacial score (nSPS) is 12.3. The molecule has 0 saturated heterocycles. The second-order valence-electron chi connectivity index (χ2n) is 5.52. The molecule has 1 N–H and O–H groups in total. The van der Waals surface area contributed by atoms with Gasteiger partial charge in [-0.2, -0.15) is 8.42 Å². The smallest absolute Gasteiger partial charge is 0.264 e. The molecule has 0 aromatic heterocycles. The summed E-state index contributed by atoms with van der Waals surface area (Å²) in [5.74, 6) is -0.130. The van der Waals surface area contributed by atoms with Crippen molar-refractivity contribution in [2.45, 2.75) is 84.0 Å². The molecule has 0 aliphatic carbocycles. The van der Waals surface area contributed by atoms with Gasteiger partial charge in [0.1, 0.15) is 0 Å². The monoisotopic (exact) mass is 304 g/mol. The van der Waals surface area contributed by atoms with E-state index in [1.54, 1.807) is 0 Å². The maximum atomic E-state index is 10.5. The molecule has 0 aliphatic heterocycles. The second-order valence-corrected chi connectivity index (χ2v) is 7.09. The number of allylic oxidation sites excluding steroid dienone is 2. The molecular weight excluding hydrogens is 272 g/mol. The predicted octanol–water partition coefficient (Wildman–Crippen LogP) is 5.13. The third kappa shape index (κ3) is 17.6. The Kier molecular flexibility index (Phi) is 13.4. The van der Waals surface area contributed by atoms with Crippen LogP contribution in [0.1, 0.15) is 84.0 Å². The van der Waals surface area contributed by atoms with Gasteiger partial charge in [-0.15, -0.1) is 0 Å². The van der Waals surface area contributed by atoms with Crippen LogP contribution in [0.5, 0.6) is 0 Å². The van der Waals surface area contributed by atoms with Crippen molar-refractivity contribution in [2.75, 3.05) is 5.75 Å². The van der Waals surface area contributed by atoms with Crippen molar-refractivity contribution in [1.29, 1.82) is 0 Å². The van der Waals surface area contributed by atoms with Gasteiger partial charge in [-0.05, 0) is 25.7 Å². The van der Waals surface area contributed by atoms with Crippen LogP contribution >= 0.6 is 0 Å². The maximum absolute atomic E-state index is 10.5. The largest absolute Gasteiger partial charge is 0.286 e. The van der Waals surface area contributed by atoms with Crippen molar-refractivity contribution in [1.82, 2.24) is 0 Å². The van der Waals surface area contributed by atoms with Crippen LogP contribution in [-0.2, 0) is 10.1 Å². The highest BCUT2D eigenvalue weighted by molar-refractivity contribution is 7.85. The van der Waals surface area contributed by atoms with Gasteiger partial charge in [0.2, 0.25) is 0 Å². The predicted molar refractivity (Wildman–Crippen MR) is 86.6 cm³/mol. The van der Waals surface area contributed by atoms with Crippen molar-refractivity contribution in [3.8, 4) is 0 Å². The highest BCUT2D eigenvalue weighted by atomic mass is 32.2. The van der Waals surface area contributed by atoms with Gasteiger partial charge in [-0.25, -0.2) is 0 Å². The molecule has 0 unspecified atom stereocenters. The van der Waals surface area contributed by atoms with E-state index in [4.69, 9.17) is 4.55 Å². The zero-order chi connectivity index (χ0) is 15.1. The molecule has 0 spiro atoms. The van der Waals surface area contributed by atoms with E-state index in [2.05, 4.69) is 13.0 Å². The summed E-state index contributed by atoms with van der Waals surface area (Å²) in [5, 5.41) is 0. The van der Waals surface area contributed by atoms with Gasteiger partial charge in [-0.3, -0.25) is 4.55 Å². The molecule has 4 heteroatoms. The average Bonchev–Trinajstić information content (AvgIpc) is 2.38. The van der Waals surface area contributed by atoms with Crippen LogP contribution in [0.2, 0.25) is 0 Å². The number of rotatable bonds is 14. The molecule has 20 heavy (non-hydrogen) atoms. The molecule has 0 aromatic rings. The Bertz CT molecular complexity index is 321. The first kappa shape index (κ1) is 19.7. The molecule has 0 radical (unpaired) electrons. The third-order valence-electron chi connectivity index (χ3n) is 3.41. The highest BCUT2D eigenvalue weighted by Gasteiger charge is 2.01. The lowest BCUT2D eigenvalue weighted by molar-refractivity contribution is 0.481. The van der Waals surface area contributed by atoms with Gasteiger partial charge in [0.25, 0.3) is 10.1 Å². The molecule has 3 nitrogen and oxygen atoms in total. The van der Waals surface area contributed by atoms with Crippen LogP contribution in [0, 0.1) is 0 Å². The number of hydrogen-bond donors (Lipinski definition) is 1. The van der Waals surface area contributed by atoms with Crippen LogP contribution < -0.4 is 0 Å². The molecule has 0 aromatic carbocycles.